The molecular formula is C33H45FN6O2. The summed E-state index contributed by atoms with van der Waals surface area (Å²) in [5.41, 5.74) is 1.72. The molecule has 4 aliphatic rings. The van der Waals surface area contributed by atoms with Crippen LogP contribution >= 0.6 is 0 Å². The van der Waals surface area contributed by atoms with E-state index >= 15 is 0 Å². The number of nitrogens with one attached hydrogen (secondary N) is 2. The Labute approximate surface area is 248 Å². The molecule has 2 aromatic carbocycles. The highest BCUT2D eigenvalue weighted by molar-refractivity contribution is 5.96. The minimum Gasteiger partial charge on any atom is -0.486 e. The molecule has 0 spiro atoms. The van der Waals surface area contributed by atoms with Crippen LogP contribution in [0.1, 0.15) is 53.8 Å². The van der Waals surface area contributed by atoms with Gasteiger partial charge >= 0.3 is 0 Å². The van der Waals surface area contributed by atoms with Crippen molar-refractivity contribution in [2.75, 3.05) is 25.0 Å². The Morgan fingerprint density at radius 1 is 1.19 bits per heavy atom. The molecule has 0 radical (unpaired) electrons. The molecule has 9 heteroatoms. The van der Waals surface area contributed by atoms with Gasteiger partial charge in [0.1, 0.15) is 24.0 Å². The maximum absolute atomic E-state index is 13.3. The SMILES string of the molecule is C.C[C@@H]1C(N=C(Nc2ccc3c(=O)n(C)c(COc4ccc(F)cc4)nc3c2)N2CCN[C@@H](C)C2)C[C@H]2C[C@@H]1C2(C)C. The molecule has 2 bridgehead atoms. The van der Waals surface area contributed by atoms with Crippen molar-refractivity contribution in [1.29, 1.82) is 0 Å². The highest BCUT2D eigenvalue weighted by Crippen LogP contribution is 2.61. The minimum absolute atomic E-state index is 0. The third-order valence-electron chi connectivity index (χ3n) is 9.88. The van der Waals surface area contributed by atoms with Gasteiger partial charge in [-0.25, -0.2) is 14.4 Å². The Balaban J connectivity index is 0.00000353. The Hall–Kier alpha value is -3.46. The third kappa shape index (κ3) is 5.63. The normalized spacial score (nSPS) is 26.8. The van der Waals surface area contributed by atoms with Crippen LogP contribution in [0.2, 0.25) is 0 Å². The van der Waals surface area contributed by atoms with Gasteiger partial charge in [-0.2, -0.15) is 0 Å². The first kappa shape index (κ1) is 30.0. The molecule has 3 saturated carbocycles. The topological polar surface area (TPSA) is 83.8 Å². The van der Waals surface area contributed by atoms with Gasteiger partial charge < -0.3 is 20.3 Å². The molecule has 42 heavy (non-hydrogen) atoms. The highest BCUT2D eigenvalue weighted by Gasteiger charge is 2.56. The standard InChI is InChI=1S/C32H41FN6O2.CH4/c1-19-17-39(13-12-34-19)31(37-27-15-21-14-26(20(27)2)32(21,3)4)35-23-8-11-25-28(16-23)36-29(38(5)30(25)40)18-41-24-9-6-22(33)7-10-24;/h6-11,16,19-21,26-27,34H,12-15,17-18H2,1-5H3,(H,35,37);1H4/t19-,20-,21+,26-,27?;/m0./s1. The second-order valence-corrected chi connectivity index (χ2v) is 12.8. The molecule has 5 atom stereocenters. The van der Waals surface area contributed by atoms with Crippen LogP contribution in [-0.2, 0) is 13.7 Å². The predicted molar refractivity (Wildman–Crippen MR) is 167 cm³/mol. The van der Waals surface area contributed by atoms with Crippen molar-refractivity contribution in [3.8, 4) is 5.75 Å². The van der Waals surface area contributed by atoms with Gasteiger partial charge in [0.25, 0.3) is 5.56 Å². The van der Waals surface area contributed by atoms with Gasteiger partial charge in [0.05, 0.1) is 16.9 Å². The number of halogens is 1. The quantitative estimate of drug-likeness (QED) is 0.312. The molecule has 0 amide bonds. The molecule has 1 unspecified atom stereocenters. The number of rotatable bonds is 5. The molecule has 1 saturated heterocycles. The van der Waals surface area contributed by atoms with Crippen LogP contribution in [0.4, 0.5) is 10.1 Å². The first-order chi connectivity index (χ1) is 19.6. The number of ether oxygens (including phenoxy) is 1. The average molecular weight is 577 g/mol. The number of fused-ring (bicyclic) bond motifs is 3. The van der Waals surface area contributed by atoms with Crippen LogP contribution in [0.15, 0.2) is 52.3 Å². The molecule has 4 fully saturated rings. The van der Waals surface area contributed by atoms with E-state index in [1.807, 2.05) is 18.2 Å². The van der Waals surface area contributed by atoms with Crippen LogP contribution in [0.25, 0.3) is 10.9 Å². The molecule has 1 aliphatic heterocycles. The second kappa shape index (κ2) is 11.7. The number of aromatic nitrogens is 2. The van der Waals surface area contributed by atoms with Crippen LogP contribution < -0.4 is 20.9 Å². The lowest BCUT2D eigenvalue weighted by Crippen LogP contribution is -2.57. The smallest absolute Gasteiger partial charge is 0.261 e. The Kier molecular flexibility index (Phi) is 8.34. The van der Waals surface area contributed by atoms with Crippen LogP contribution in [0.3, 0.4) is 0 Å². The Bertz CT molecular complexity index is 1520. The molecule has 226 valence electrons. The molecule has 7 rings (SSSR count). The van der Waals surface area contributed by atoms with Crippen molar-refractivity contribution >= 4 is 22.5 Å². The van der Waals surface area contributed by atoms with E-state index in [9.17, 15) is 9.18 Å². The summed E-state index contributed by atoms with van der Waals surface area (Å²) in [6.45, 7) is 12.2. The van der Waals surface area contributed by atoms with Gasteiger partial charge in [0.2, 0.25) is 0 Å². The van der Waals surface area contributed by atoms with E-state index in [2.05, 4.69) is 43.2 Å². The minimum atomic E-state index is -0.328. The summed E-state index contributed by atoms with van der Waals surface area (Å²) in [4.78, 5) is 25.7. The maximum atomic E-state index is 13.3. The third-order valence-corrected chi connectivity index (χ3v) is 9.88. The molecule has 3 aromatic rings. The number of aliphatic imine (C=N–C) groups is 1. The number of piperazine rings is 1. The lowest BCUT2D eigenvalue weighted by atomic mass is 9.45. The molecular weight excluding hydrogens is 531 g/mol. The maximum Gasteiger partial charge on any atom is 0.261 e. The summed E-state index contributed by atoms with van der Waals surface area (Å²) in [5, 5.41) is 7.71. The predicted octanol–water partition coefficient (Wildman–Crippen LogP) is 5.42. The summed E-state index contributed by atoms with van der Waals surface area (Å²) in [5.74, 6) is 3.57. The number of guanidine groups is 1. The fourth-order valence-corrected chi connectivity index (χ4v) is 7.10. The number of hydrogen-bond acceptors (Lipinski definition) is 5. The first-order valence-corrected chi connectivity index (χ1v) is 14.8. The lowest BCUT2D eigenvalue weighted by molar-refractivity contribution is -0.108. The molecule has 2 heterocycles. The Morgan fingerprint density at radius 3 is 2.64 bits per heavy atom. The van der Waals surface area contributed by atoms with Crippen LogP contribution in [0, 0.1) is 29.0 Å². The largest absolute Gasteiger partial charge is 0.486 e. The van der Waals surface area contributed by atoms with Crippen molar-refractivity contribution in [2.24, 2.45) is 35.2 Å². The summed E-state index contributed by atoms with van der Waals surface area (Å²) < 4.78 is 20.6. The van der Waals surface area contributed by atoms with Crippen LogP contribution in [0.5, 0.6) is 5.75 Å². The van der Waals surface area contributed by atoms with Crippen molar-refractivity contribution in [1.82, 2.24) is 19.8 Å². The second-order valence-electron chi connectivity index (χ2n) is 12.8. The zero-order valence-electron chi connectivity index (χ0n) is 24.7. The fraction of sp³-hybridized carbons (Fsp3) is 0.545. The van der Waals surface area contributed by atoms with Crippen molar-refractivity contribution in [2.45, 2.75) is 66.7 Å². The molecule has 1 aromatic heterocycles. The number of nitrogens with zero attached hydrogens (tertiary/aromatic N) is 4. The fourth-order valence-electron chi connectivity index (χ4n) is 7.10. The summed E-state index contributed by atoms with van der Waals surface area (Å²) in [7, 11) is 1.69. The number of hydrogen-bond donors (Lipinski definition) is 2. The van der Waals surface area contributed by atoms with Crippen molar-refractivity contribution in [3.05, 3.63) is 64.5 Å². The van der Waals surface area contributed by atoms with E-state index in [0.717, 1.165) is 49.5 Å². The van der Waals surface area contributed by atoms with Crippen molar-refractivity contribution < 1.29 is 9.13 Å². The number of anilines is 1. The van der Waals surface area contributed by atoms with Gasteiger partial charge in [0.15, 0.2) is 5.96 Å². The van der Waals surface area contributed by atoms with Gasteiger partial charge in [-0.3, -0.25) is 9.36 Å². The van der Waals surface area contributed by atoms with E-state index in [0.29, 0.717) is 45.9 Å². The lowest BCUT2D eigenvalue weighted by Gasteiger charge is -2.61. The van der Waals surface area contributed by atoms with E-state index in [-0.39, 0.29) is 25.4 Å². The average Bonchev–Trinajstić information content (AvgIpc) is 2.95. The van der Waals surface area contributed by atoms with E-state index in [1.54, 1.807) is 19.2 Å². The molecule has 2 N–H and O–H groups in total. The van der Waals surface area contributed by atoms with E-state index in [1.165, 1.54) is 23.1 Å². The monoisotopic (exact) mass is 576 g/mol. The van der Waals surface area contributed by atoms with Gasteiger partial charge in [-0.05, 0) is 85.4 Å². The van der Waals surface area contributed by atoms with E-state index in [4.69, 9.17) is 14.7 Å². The van der Waals surface area contributed by atoms with Crippen LogP contribution in [-0.4, -0.2) is 52.1 Å². The van der Waals surface area contributed by atoms with Gasteiger partial charge in [-0.1, -0.05) is 28.2 Å². The summed E-state index contributed by atoms with van der Waals surface area (Å²) in [6.07, 6.45) is 2.45. The zero-order valence-corrected chi connectivity index (χ0v) is 24.7. The van der Waals surface area contributed by atoms with Gasteiger partial charge in [0, 0.05) is 38.4 Å². The summed E-state index contributed by atoms with van der Waals surface area (Å²) >= 11 is 0. The summed E-state index contributed by atoms with van der Waals surface area (Å²) in [6, 6.07) is 12.2. The molecule has 8 nitrogen and oxygen atoms in total. The molecule has 3 aliphatic carbocycles. The Morgan fingerprint density at radius 2 is 1.95 bits per heavy atom. The highest BCUT2D eigenvalue weighted by atomic mass is 19.1. The van der Waals surface area contributed by atoms with E-state index < -0.39 is 0 Å². The van der Waals surface area contributed by atoms with Gasteiger partial charge in [-0.15, -0.1) is 0 Å². The van der Waals surface area contributed by atoms with Crippen molar-refractivity contribution in [3.63, 3.8) is 0 Å². The number of benzene rings is 2. The zero-order chi connectivity index (χ0) is 28.9. The first-order valence-electron chi connectivity index (χ1n) is 14.8.